The summed E-state index contributed by atoms with van der Waals surface area (Å²) in [6, 6.07) is 6.65. The molecule has 1 aromatic carbocycles. The number of hydrogen-bond donors (Lipinski definition) is 0. The third kappa shape index (κ3) is 2.39. The van der Waals surface area contributed by atoms with Gasteiger partial charge in [-0.05, 0) is 43.1 Å². The topological polar surface area (TPSA) is 9.23 Å². The molecule has 1 aliphatic carbocycles. The van der Waals surface area contributed by atoms with Gasteiger partial charge >= 0.3 is 0 Å². The van der Waals surface area contributed by atoms with Crippen molar-refractivity contribution in [2.75, 3.05) is 0 Å². The Kier molecular flexibility index (Phi) is 3.18. The summed E-state index contributed by atoms with van der Waals surface area (Å²) in [5, 5.41) is 0.251. The van der Waals surface area contributed by atoms with Gasteiger partial charge in [-0.25, -0.2) is 0 Å². The largest absolute Gasteiger partial charge is 0.543 e. The number of aryl methyl sites for hydroxylation is 1. The molecule has 0 N–H and O–H groups in total. The molecule has 0 amide bonds. The minimum atomic E-state index is -1.72. The quantitative estimate of drug-likeness (QED) is 0.686. The van der Waals surface area contributed by atoms with Gasteiger partial charge in [0, 0.05) is 5.56 Å². The third-order valence-corrected chi connectivity index (χ3v) is 8.55. The van der Waals surface area contributed by atoms with Crippen LogP contribution in [-0.2, 0) is 10.8 Å². The minimum Gasteiger partial charge on any atom is -0.543 e. The monoisotopic (exact) mass is 260 g/mol. The van der Waals surface area contributed by atoms with Gasteiger partial charge in [0.1, 0.15) is 5.76 Å². The van der Waals surface area contributed by atoms with Crippen molar-refractivity contribution in [1.82, 2.24) is 0 Å². The summed E-state index contributed by atoms with van der Waals surface area (Å²) in [5.74, 6) is 1.11. The Morgan fingerprint density at radius 2 is 1.83 bits per heavy atom. The van der Waals surface area contributed by atoms with Crippen molar-refractivity contribution in [3.05, 3.63) is 41.0 Å². The minimum absolute atomic E-state index is 0.251. The van der Waals surface area contributed by atoms with Gasteiger partial charge in [-0.2, -0.15) is 0 Å². The first-order valence-corrected chi connectivity index (χ1v) is 9.61. The molecule has 1 aliphatic rings. The number of allylic oxidation sites excluding steroid dienone is 1. The van der Waals surface area contributed by atoms with E-state index >= 15 is 0 Å². The van der Waals surface area contributed by atoms with Crippen LogP contribution in [-0.4, -0.2) is 8.32 Å². The van der Waals surface area contributed by atoms with E-state index in [1.807, 2.05) is 0 Å². The first-order valence-electron chi connectivity index (χ1n) is 6.70. The molecule has 1 nitrogen and oxygen atoms in total. The van der Waals surface area contributed by atoms with Crippen molar-refractivity contribution >= 4 is 14.1 Å². The number of benzene rings is 1. The van der Waals surface area contributed by atoms with E-state index in [4.69, 9.17) is 4.43 Å². The van der Waals surface area contributed by atoms with Crippen LogP contribution in [0.2, 0.25) is 18.1 Å². The van der Waals surface area contributed by atoms with Gasteiger partial charge < -0.3 is 4.43 Å². The SMILES string of the molecule is Cc1ccc2c(c1)CC=C2O[Si](C)(C)C(C)(C)C. The zero-order valence-electron chi connectivity index (χ0n) is 12.4. The van der Waals surface area contributed by atoms with Crippen LogP contribution < -0.4 is 0 Å². The lowest BCUT2D eigenvalue weighted by Gasteiger charge is -2.37. The zero-order chi connectivity index (χ0) is 13.6. The summed E-state index contributed by atoms with van der Waals surface area (Å²) in [6.45, 7) is 13.6. The predicted molar refractivity (Wildman–Crippen MR) is 81.1 cm³/mol. The summed E-state index contributed by atoms with van der Waals surface area (Å²) in [5.41, 5.74) is 4.03. The molecule has 0 bridgehead atoms. The van der Waals surface area contributed by atoms with Gasteiger partial charge in [-0.3, -0.25) is 0 Å². The highest BCUT2D eigenvalue weighted by molar-refractivity contribution is 6.74. The van der Waals surface area contributed by atoms with Gasteiger partial charge in [-0.15, -0.1) is 0 Å². The summed E-state index contributed by atoms with van der Waals surface area (Å²) < 4.78 is 6.43. The zero-order valence-corrected chi connectivity index (χ0v) is 13.4. The summed E-state index contributed by atoms with van der Waals surface area (Å²) in [7, 11) is -1.72. The standard InChI is InChI=1S/C16H24OSi/c1-12-7-9-14-13(11-12)8-10-15(14)17-18(5,6)16(2,3)4/h7,9-11H,8H2,1-6H3. The van der Waals surface area contributed by atoms with Gasteiger partial charge in [0.15, 0.2) is 0 Å². The van der Waals surface area contributed by atoms with Crippen LogP contribution in [0, 0.1) is 6.92 Å². The first-order chi connectivity index (χ1) is 8.21. The highest BCUT2D eigenvalue weighted by Crippen LogP contribution is 2.41. The molecule has 0 heterocycles. The molecule has 0 fully saturated rings. The second-order valence-electron chi connectivity index (χ2n) is 6.80. The molecule has 0 aromatic heterocycles. The summed E-state index contributed by atoms with van der Waals surface area (Å²) in [6.07, 6.45) is 3.26. The molecule has 0 radical (unpaired) electrons. The van der Waals surface area contributed by atoms with Crippen LogP contribution >= 0.6 is 0 Å². The lowest BCUT2D eigenvalue weighted by molar-refractivity contribution is 0.458. The Morgan fingerprint density at radius 1 is 1.17 bits per heavy atom. The molecule has 18 heavy (non-hydrogen) atoms. The smallest absolute Gasteiger partial charge is 0.250 e. The molecule has 2 rings (SSSR count). The highest BCUT2D eigenvalue weighted by atomic mass is 28.4. The fourth-order valence-corrected chi connectivity index (χ4v) is 3.02. The molecule has 0 spiro atoms. The second kappa shape index (κ2) is 4.27. The fraction of sp³-hybridized carbons (Fsp3) is 0.500. The van der Waals surface area contributed by atoms with E-state index in [-0.39, 0.29) is 5.04 Å². The molecule has 98 valence electrons. The molecular weight excluding hydrogens is 236 g/mol. The van der Waals surface area contributed by atoms with Crippen molar-refractivity contribution in [3.8, 4) is 0 Å². The van der Waals surface area contributed by atoms with Crippen molar-refractivity contribution < 1.29 is 4.43 Å². The highest BCUT2D eigenvalue weighted by Gasteiger charge is 2.40. The van der Waals surface area contributed by atoms with Gasteiger partial charge in [0.25, 0.3) is 0 Å². The fourth-order valence-electron chi connectivity index (χ4n) is 1.97. The van der Waals surface area contributed by atoms with E-state index in [0.29, 0.717) is 0 Å². The van der Waals surface area contributed by atoms with Crippen LogP contribution in [0.3, 0.4) is 0 Å². The van der Waals surface area contributed by atoms with Crippen molar-refractivity contribution in [3.63, 3.8) is 0 Å². The molecule has 0 atom stereocenters. The maximum Gasteiger partial charge on any atom is 0.250 e. The lowest BCUT2D eigenvalue weighted by atomic mass is 10.1. The Balaban J connectivity index is 2.25. The van der Waals surface area contributed by atoms with Crippen molar-refractivity contribution in [2.45, 2.75) is 52.2 Å². The van der Waals surface area contributed by atoms with Gasteiger partial charge in [0.2, 0.25) is 8.32 Å². The summed E-state index contributed by atoms with van der Waals surface area (Å²) in [4.78, 5) is 0. The average molecular weight is 260 g/mol. The Morgan fingerprint density at radius 3 is 2.44 bits per heavy atom. The molecule has 1 aromatic rings. The van der Waals surface area contributed by atoms with E-state index in [2.05, 4.69) is 65.1 Å². The van der Waals surface area contributed by atoms with Crippen LogP contribution in [0.5, 0.6) is 0 Å². The molecule has 0 saturated carbocycles. The van der Waals surface area contributed by atoms with Crippen LogP contribution in [0.1, 0.15) is 37.5 Å². The molecule has 0 aliphatic heterocycles. The van der Waals surface area contributed by atoms with Gasteiger partial charge in [-0.1, -0.05) is 44.5 Å². The second-order valence-corrected chi connectivity index (χ2v) is 11.5. The molecule has 2 heteroatoms. The lowest BCUT2D eigenvalue weighted by Crippen LogP contribution is -2.40. The predicted octanol–water partition coefficient (Wildman–Crippen LogP) is 4.91. The van der Waals surface area contributed by atoms with Gasteiger partial charge in [0.05, 0.1) is 0 Å². The molecule has 0 unspecified atom stereocenters. The van der Waals surface area contributed by atoms with Crippen molar-refractivity contribution in [1.29, 1.82) is 0 Å². The number of hydrogen-bond acceptors (Lipinski definition) is 1. The Labute approximate surface area is 112 Å². The van der Waals surface area contributed by atoms with E-state index in [0.717, 1.165) is 12.2 Å². The van der Waals surface area contributed by atoms with E-state index in [1.165, 1.54) is 16.7 Å². The molecule has 0 saturated heterocycles. The van der Waals surface area contributed by atoms with Crippen LogP contribution in [0.4, 0.5) is 0 Å². The average Bonchev–Trinajstić information content (AvgIpc) is 2.58. The maximum atomic E-state index is 6.43. The number of fused-ring (bicyclic) bond motifs is 1. The van der Waals surface area contributed by atoms with E-state index in [9.17, 15) is 0 Å². The van der Waals surface area contributed by atoms with Crippen LogP contribution in [0.15, 0.2) is 24.3 Å². The van der Waals surface area contributed by atoms with E-state index < -0.39 is 8.32 Å². The Hall–Kier alpha value is -1.02. The van der Waals surface area contributed by atoms with Crippen molar-refractivity contribution in [2.24, 2.45) is 0 Å². The molecular formula is C16H24OSi. The normalized spacial score (nSPS) is 15.3. The summed E-state index contributed by atoms with van der Waals surface area (Å²) >= 11 is 0. The Bertz CT molecular complexity index is 492. The number of rotatable bonds is 2. The van der Waals surface area contributed by atoms with E-state index in [1.54, 1.807) is 0 Å². The third-order valence-electron chi connectivity index (χ3n) is 4.20. The van der Waals surface area contributed by atoms with Crippen LogP contribution in [0.25, 0.3) is 5.76 Å². The first kappa shape index (κ1) is 13.4. The maximum absolute atomic E-state index is 6.43.